The molecule has 0 radical (unpaired) electrons. The van der Waals surface area contributed by atoms with E-state index in [1.54, 1.807) is 6.42 Å². The maximum atomic E-state index is 9.50. The molecule has 110 valence electrons. The number of hydrogen-bond donors (Lipinski definition) is 0. The Kier molecular flexibility index (Phi) is 3.13. The van der Waals surface area contributed by atoms with Crippen molar-refractivity contribution in [2.24, 2.45) is 40.9 Å². The number of nitriles is 1. The first kappa shape index (κ1) is 13.2. The summed E-state index contributed by atoms with van der Waals surface area (Å²) in [4.78, 5) is 0. The Balaban J connectivity index is 1.57. The average Bonchev–Trinajstić information content (AvgIpc) is 2.82. The standard InChI is InChI=1S/C19H29N/c1-19-9-8-15-10-13-4-2-3-5-14(13)11-17(15)18(19)7-6-16(19)12-20/h13-18H,2-11H2,1H3/t13?,14-,15+,16+,17+,18-,19+/m0/s1. The molecule has 0 N–H and O–H groups in total. The van der Waals surface area contributed by atoms with Crippen molar-refractivity contribution in [1.29, 1.82) is 5.26 Å². The molecule has 0 amide bonds. The zero-order chi connectivity index (χ0) is 13.7. The normalized spacial score (nSPS) is 54.4. The van der Waals surface area contributed by atoms with Gasteiger partial charge in [0.05, 0.1) is 12.0 Å². The van der Waals surface area contributed by atoms with Crippen LogP contribution in [0.4, 0.5) is 0 Å². The molecule has 0 heterocycles. The van der Waals surface area contributed by atoms with E-state index in [4.69, 9.17) is 0 Å². The summed E-state index contributed by atoms with van der Waals surface area (Å²) in [6.07, 6.45) is 14.4. The van der Waals surface area contributed by atoms with Crippen molar-refractivity contribution in [1.82, 2.24) is 0 Å². The summed E-state index contributed by atoms with van der Waals surface area (Å²) in [6.45, 7) is 2.46. The van der Waals surface area contributed by atoms with E-state index in [2.05, 4.69) is 13.0 Å². The molecule has 1 heteroatoms. The van der Waals surface area contributed by atoms with Crippen LogP contribution in [-0.4, -0.2) is 0 Å². The Hall–Kier alpha value is -0.510. The maximum absolute atomic E-state index is 9.50. The molecular weight excluding hydrogens is 242 g/mol. The summed E-state index contributed by atoms with van der Waals surface area (Å²) in [7, 11) is 0. The predicted octanol–water partition coefficient (Wildman–Crippen LogP) is 5.17. The molecule has 4 rings (SSSR count). The number of rotatable bonds is 0. The molecule has 4 aliphatic carbocycles. The van der Waals surface area contributed by atoms with E-state index >= 15 is 0 Å². The molecule has 1 unspecified atom stereocenters. The van der Waals surface area contributed by atoms with Gasteiger partial charge < -0.3 is 0 Å². The fourth-order valence-electron chi connectivity index (χ4n) is 6.87. The van der Waals surface area contributed by atoms with Gasteiger partial charge in [0.2, 0.25) is 0 Å². The third-order valence-corrected chi connectivity index (χ3v) is 7.99. The van der Waals surface area contributed by atoms with Gasteiger partial charge in [-0.05, 0) is 73.5 Å². The van der Waals surface area contributed by atoms with Crippen molar-refractivity contribution in [3.63, 3.8) is 0 Å². The van der Waals surface area contributed by atoms with Crippen LogP contribution in [0.1, 0.15) is 71.1 Å². The minimum atomic E-state index is 0.359. The number of nitrogens with zero attached hydrogens (tertiary/aromatic N) is 1. The molecule has 0 aromatic heterocycles. The highest BCUT2D eigenvalue weighted by molar-refractivity contribution is 5.09. The van der Waals surface area contributed by atoms with Crippen LogP contribution in [0, 0.1) is 52.3 Å². The van der Waals surface area contributed by atoms with Crippen LogP contribution < -0.4 is 0 Å². The number of fused-ring (bicyclic) bond motifs is 4. The fraction of sp³-hybridized carbons (Fsp3) is 0.947. The molecule has 4 saturated carbocycles. The Morgan fingerprint density at radius 1 is 0.900 bits per heavy atom. The molecular formula is C19H29N. The van der Waals surface area contributed by atoms with Gasteiger partial charge in [-0.2, -0.15) is 5.26 Å². The van der Waals surface area contributed by atoms with Gasteiger partial charge in [-0.3, -0.25) is 0 Å². The molecule has 0 saturated heterocycles. The van der Waals surface area contributed by atoms with Crippen molar-refractivity contribution >= 4 is 0 Å². The third-order valence-electron chi connectivity index (χ3n) is 7.99. The number of hydrogen-bond acceptors (Lipinski definition) is 1. The van der Waals surface area contributed by atoms with Gasteiger partial charge in [0.1, 0.15) is 0 Å². The summed E-state index contributed by atoms with van der Waals surface area (Å²) in [5.41, 5.74) is 0.372. The van der Waals surface area contributed by atoms with E-state index in [0.717, 1.165) is 29.6 Å². The van der Waals surface area contributed by atoms with E-state index in [0.29, 0.717) is 11.3 Å². The Morgan fingerprint density at radius 2 is 1.65 bits per heavy atom. The van der Waals surface area contributed by atoms with Crippen LogP contribution >= 0.6 is 0 Å². The smallest absolute Gasteiger partial charge is 0.0661 e. The third kappa shape index (κ3) is 1.79. The van der Waals surface area contributed by atoms with Crippen LogP contribution in [0.25, 0.3) is 0 Å². The fourth-order valence-corrected chi connectivity index (χ4v) is 6.87. The molecule has 0 spiro atoms. The molecule has 7 atom stereocenters. The van der Waals surface area contributed by atoms with Gasteiger partial charge in [0.25, 0.3) is 0 Å². The highest BCUT2D eigenvalue weighted by atomic mass is 14.6. The van der Waals surface area contributed by atoms with Crippen molar-refractivity contribution in [2.75, 3.05) is 0 Å². The lowest BCUT2D eigenvalue weighted by Gasteiger charge is -2.53. The quantitative estimate of drug-likeness (QED) is 0.596. The van der Waals surface area contributed by atoms with Crippen LogP contribution in [-0.2, 0) is 0 Å². The van der Waals surface area contributed by atoms with Crippen LogP contribution in [0.2, 0.25) is 0 Å². The molecule has 4 aliphatic rings. The topological polar surface area (TPSA) is 23.8 Å². The molecule has 1 nitrogen and oxygen atoms in total. The van der Waals surface area contributed by atoms with Gasteiger partial charge >= 0.3 is 0 Å². The highest BCUT2D eigenvalue weighted by Crippen LogP contribution is 2.63. The van der Waals surface area contributed by atoms with E-state index in [-0.39, 0.29) is 0 Å². The minimum Gasteiger partial charge on any atom is -0.198 e. The summed E-state index contributed by atoms with van der Waals surface area (Å²) >= 11 is 0. The Morgan fingerprint density at radius 3 is 2.40 bits per heavy atom. The van der Waals surface area contributed by atoms with Gasteiger partial charge in [0, 0.05) is 0 Å². The molecule has 0 aromatic carbocycles. The summed E-state index contributed by atoms with van der Waals surface area (Å²) in [6, 6.07) is 2.66. The lowest BCUT2D eigenvalue weighted by atomic mass is 9.51. The lowest BCUT2D eigenvalue weighted by molar-refractivity contribution is -0.0406. The first-order valence-corrected chi connectivity index (χ1v) is 9.12. The zero-order valence-corrected chi connectivity index (χ0v) is 13.0. The van der Waals surface area contributed by atoms with E-state index < -0.39 is 0 Å². The van der Waals surface area contributed by atoms with Gasteiger partial charge in [-0.25, -0.2) is 0 Å². The SMILES string of the molecule is C[C@]12CC[C@@H]3CC4CCCC[C@H]4C[C@H]3[C@@H]1CC[C@@H]2C#N. The molecule has 4 fully saturated rings. The largest absolute Gasteiger partial charge is 0.198 e. The molecule has 0 aromatic rings. The van der Waals surface area contributed by atoms with Crippen molar-refractivity contribution in [2.45, 2.75) is 71.1 Å². The Labute approximate surface area is 124 Å². The average molecular weight is 271 g/mol. The molecule has 0 bridgehead atoms. The Bertz CT molecular complexity index is 422. The van der Waals surface area contributed by atoms with Gasteiger partial charge in [0.15, 0.2) is 0 Å². The molecule has 0 aliphatic heterocycles. The van der Waals surface area contributed by atoms with Gasteiger partial charge in [-0.1, -0.05) is 32.6 Å². The zero-order valence-electron chi connectivity index (χ0n) is 13.0. The summed E-state index contributed by atoms with van der Waals surface area (Å²) in [5, 5.41) is 9.50. The van der Waals surface area contributed by atoms with E-state index in [9.17, 15) is 5.26 Å². The first-order valence-electron chi connectivity index (χ1n) is 9.12. The van der Waals surface area contributed by atoms with Crippen LogP contribution in [0.5, 0.6) is 0 Å². The van der Waals surface area contributed by atoms with Crippen molar-refractivity contribution < 1.29 is 0 Å². The predicted molar refractivity (Wildman–Crippen MR) is 80.8 cm³/mol. The second-order valence-electron chi connectivity index (χ2n) is 8.61. The monoisotopic (exact) mass is 271 g/mol. The van der Waals surface area contributed by atoms with Crippen molar-refractivity contribution in [3.8, 4) is 6.07 Å². The van der Waals surface area contributed by atoms with E-state index in [1.807, 2.05) is 0 Å². The van der Waals surface area contributed by atoms with Crippen LogP contribution in [0.15, 0.2) is 0 Å². The maximum Gasteiger partial charge on any atom is 0.0661 e. The minimum absolute atomic E-state index is 0.359. The second-order valence-corrected chi connectivity index (χ2v) is 8.61. The molecule has 20 heavy (non-hydrogen) atoms. The van der Waals surface area contributed by atoms with Crippen LogP contribution in [0.3, 0.4) is 0 Å². The lowest BCUT2D eigenvalue weighted by Crippen LogP contribution is -2.46. The second kappa shape index (κ2) is 4.75. The first-order chi connectivity index (χ1) is 9.72. The summed E-state index contributed by atoms with van der Waals surface area (Å²) in [5.74, 6) is 5.36. The summed E-state index contributed by atoms with van der Waals surface area (Å²) < 4.78 is 0. The van der Waals surface area contributed by atoms with Crippen molar-refractivity contribution in [3.05, 3.63) is 0 Å². The van der Waals surface area contributed by atoms with Gasteiger partial charge in [-0.15, -0.1) is 0 Å². The van der Waals surface area contributed by atoms with E-state index in [1.165, 1.54) is 57.8 Å². The highest BCUT2D eigenvalue weighted by Gasteiger charge is 2.55.